The van der Waals surface area contributed by atoms with E-state index in [4.69, 9.17) is 39.2 Å². The number of carbonyl (C=O) groups excluding carboxylic acids is 1. The van der Waals surface area contributed by atoms with Crippen LogP contribution in [0.15, 0.2) is 45.6 Å². The maximum absolute atomic E-state index is 13.5. The van der Waals surface area contributed by atoms with Crippen molar-refractivity contribution in [2.24, 2.45) is 0 Å². The Morgan fingerprint density at radius 1 is 1.00 bits per heavy atom. The molecule has 1 atom stereocenters. The first-order valence-electron chi connectivity index (χ1n) is 10.6. The van der Waals surface area contributed by atoms with E-state index in [2.05, 4.69) is 18.7 Å². The maximum atomic E-state index is 13.5. The molecule has 0 unspecified atom stereocenters. The lowest BCUT2D eigenvalue weighted by molar-refractivity contribution is 0.0720. The molecule has 2 heterocycles. The Labute approximate surface area is 201 Å². The minimum absolute atomic E-state index is 0.0729. The summed E-state index contributed by atoms with van der Waals surface area (Å²) in [6.45, 7) is 7.41. The second kappa shape index (κ2) is 9.44. The summed E-state index contributed by atoms with van der Waals surface area (Å²) in [6.07, 6.45) is 0.763. The lowest BCUT2D eigenvalue weighted by Crippen LogP contribution is -2.33. The molecular weight excluding hydrogens is 471 g/mol. The molecule has 32 heavy (non-hydrogen) atoms. The van der Waals surface area contributed by atoms with Crippen molar-refractivity contribution in [3.8, 4) is 0 Å². The van der Waals surface area contributed by atoms with Crippen LogP contribution in [0.4, 0.5) is 0 Å². The Morgan fingerprint density at radius 3 is 2.44 bits per heavy atom. The molecule has 0 radical (unpaired) electrons. The van der Waals surface area contributed by atoms with Crippen LogP contribution in [-0.4, -0.2) is 41.9 Å². The van der Waals surface area contributed by atoms with Crippen LogP contribution in [-0.2, 0) is 0 Å². The van der Waals surface area contributed by atoms with Crippen molar-refractivity contribution in [1.82, 2.24) is 9.80 Å². The number of halogens is 3. The van der Waals surface area contributed by atoms with Gasteiger partial charge in [0, 0.05) is 11.6 Å². The van der Waals surface area contributed by atoms with E-state index in [1.165, 1.54) is 0 Å². The van der Waals surface area contributed by atoms with Crippen LogP contribution in [0.1, 0.15) is 48.0 Å². The molecule has 0 aliphatic carbocycles. The molecule has 4 rings (SSSR count). The van der Waals surface area contributed by atoms with Gasteiger partial charge in [-0.05, 0) is 62.0 Å². The van der Waals surface area contributed by atoms with Gasteiger partial charge in [-0.1, -0.05) is 54.7 Å². The van der Waals surface area contributed by atoms with E-state index in [0.29, 0.717) is 43.7 Å². The van der Waals surface area contributed by atoms with E-state index < -0.39 is 6.04 Å². The molecular formula is C24H23Cl3N2O3. The first-order chi connectivity index (χ1) is 15.3. The van der Waals surface area contributed by atoms with E-state index in [-0.39, 0.29) is 17.1 Å². The van der Waals surface area contributed by atoms with Crippen molar-refractivity contribution < 1.29 is 9.21 Å². The van der Waals surface area contributed by atoms with Crippen molar-refractivity contribution in [3.05, 3.63) is 78.6 Å². The quantitative estimate of drug-likeness (QED) is 0.403. The summed E-state index contributed by atoms with van der Waals surface area (Å²) in [5, 5.41) is 1.54. The van der Waals surface area contributed by atoms with E-state index in [1.807, 2.05) is 0 Å². The number of rotatable bonds is 7. The highest BCUT2D eigenvalue weighted by molar-refractivity contribution is 6.42. The van der Waals surface area contributed by atoms with Crippen LogP contribution in [0, 0.1) is 0 Å². The fourth-order valence-corrected chi connectivity index (χ4v) is 4.74. The van der Waals surface area contributed by atoms with Gasteiger partial charge in [-0.25, -0.2) is 0 Å². The van der Waals surface area contributed by atoms with Crippen molar-refractivity contribution >= 4 is 51.7 Å². The van der Waals surface area contributed by atoms with Gasteiger partial charge in [0.1, 0.15) is 5.58 Å². The Bertz CT molecular complexity index is 1240. The molecule has 8 heteroatoms. The number of nitrogens with zero attached hydrogens (tertiary/aromatic N) is 2. The van der Waals surface area contributed by atoms with Gasteiger partial charge in [0.25, 0.3) is 5.91 Å². The third-order valence-electron chi connectivity index (χ3n) is 5.95. The summed E-state index contributed by atoms with van der Waals surface area (Å²) >= 11 is 18.5. The molecule has 5 nitrogen and oxygen atoms in total. The van der Waals surface area contributed by atoms with Gasteiger partial charge in [-0.15, -0.1) is 0 Å². The molecule has 0 N–H and O–H groups in total. The SMILES string of the molecule is CCN(CC)CCCN1C(=O)c2oc3ccc(Cl)cc3c(=O)c2[C@@H]1c1ccc(Cl)c(Cl)c1. The van der Waals surface area contributed by atoms with Crippen molar-refractivity contribution in [2.45, 2.75) is 26.3 Å². The van der Waals surface area contributed by atoms with Crippen molar-refractivity contribution in [3.63, 3.8) is 0 Å². The summed E-state index contributed by atoms with van der Waals surface area (Å²) < 4.78 is 5.94. The lowest BCUT2D eigenvalue weighted by atomic mass is 9.98. The normalized spacial score (nSPS) is 15.8. The smallest absolute Gasteiger partial charge is 0.290 e. The highest BCUT2D eigenvalue weighted by atomic mass is 35.5. The van der Waals surface area contributed by atoms with Gasteiger partial charge in [0.05, 0.1) is 27.0 Å². The van der Waals surface area contributed by atoms with Crippen LogP contribution < -0.4 is 5.43 Å². The van der Waals surface area contributed by atoms with Crippen LogP contribution in [0.2, 0.25) is 15.1 Å². The third-order valence-corrected chi connectivity index (χ3v) is 6.93. The number of benzene rings is 2. The third kappa shape index (κ3) is 4.15. The predicted molar refractivity (Wildman–Crippen MR) is 129 cm³/mol. The Kier molecular flexibility index (Phi) is 6.82. The summed E-state index contributed by atoms with van der Waals surface area (Å²) in [5.41, 5.74) is 1.10. The van der Waals surface area contributed by atoms with Crippen LogP contribution in [0.5, 0.6) is 0 Å². The summed E-state index contributed by atoms with van der Waals surface area (Å²) in [5.74, 6) is -0.228. The number of fused-ring (bicyclic) bond motifs is 2. The van der Waals surface area contributed by atoms with E-state index in [9.17, 15) is 9.59 Å². The topological polar surface area (TPSA) is 53.8 Å². The Morgan fingerprint density at radius 2 is 1.75 bits per heavy atom. The minimum Gasteiger partial charge on any atom is -0.450 e. The van der Waals surface area contributed by atoms with Crippen LogP contribution in [0.25, 0.3) is 11.0 Å². The van der Waals surface area contributed by atoms with Gasteiger partial charge in [-0.3, -0.25) is 9.59 Å². The molecule has 0 saturated heterocycles. The zero-order valence-electron chi connectivity index (χ0n) is 17.8. The van der Waals surface area contributed by atoms with Gasteiger partial charge in [0.15, 0.2) is 5.43 Å². The molecule has 1 aliphatic rings. The number of amides is 1. The molecule has 0 fully saturated rings. The Hall–Kier alpha value is -2.05. The second-order valence-corrected chi connectivity index (χ2v) is 9.02. The summed E-state index contributed by atoms with van der Waals surface area (Å²) in [6, 6.07) is 9.39. The van der Waals surface area contributed by atoms with Crippen molar-refractivity contribution in [1.29, 1.82) is 0 Å². The fraction of sp³-hybridized carbons (Fsp3) is 0.333. The molecule has 3 aromatic rings. The molecule has 0 saturated carbocycles. The largest absolute Gasteiger partial charge is 0.450 e. The zero-order valence-corrected chi connectivity index (χ0v) is 20.1. The van der Waals surface area contributed by atoms with Crippen LogP contribution in [0.3, 0.4) is 0 Å². The van der Waals surface area contributed by atoms with Gasteiger partial charge in [-0.2, -0.15) is 0 Å². The molecule has 1 amide bonds. The maximum Gasteiger partial charge on any atom is 0.290 e. The predicted octanol–water partition coefficient (Wildman–Crippen LogP) is 6.03. The average molecular weight is 494 g/mol. The molecule has 0 spiro atoms. The van der Waals surface area contributed by atoms with E-state index in [0.717, 1.165) is 26.1 Å². The number of carbonyl (C=O) groups is 1. The molecule has 1 aromatic heterocycles. The lowest BCUT2D eigenvalue weighted by Gasteiger charge is -2.27. The zero-order chi connectivity index (χ0) is 23.0. The fourth-order valence-electron chi connectivity index (χ4n) is 4.26. The molecule has 2 aromatic carbocycles. The van der Waals surface area contributed by atoms with Crippen molar-refractivity contribution in [2.75, 3.05) is 26.2 Å². The van der Waals surface area contributed by atoms with E-state index >= 15 is 0 Å². The molecule has 0 bridgehead atoms. The monoisotopic (exact) mass is 492 g/mol. The van der Waals surface area contributed by atoms with Gasteiger partial charge < -0.3 is 14.2 Å². The molecule has 1 aliphatic heterocycles. The van der Waals surface area contributed by atoms with Gasteiger partial charge >= 0.3 is 0 Å². The highest BCUT2D eigenvalue weighted by Gasteiger charge is 2.42. The van der Waals surface area contributed by atoms with Crippen LogP contribution >= 0.6 is 34.8 Å². The summed E-state index contributed by atoms with van der Waals surface area (Å²) in [7, 11) is 0. The Balaban J connectivity index is 1.82. The second-order valence-electron chi connectivity index (χ2n) is 7.77. The number of hydrogen-bond donors (Lipinski definition) is 0. The van der Waals surface area contributed by atoms with Gasteiger partial charge in [0.2, 0.25) is 5.76 Å². The minimum atomic E-state index is -0.608. The van der Waals surface area contributed by atoms with E-state index in [1.54, 1.807) is 41.3 Å². The number of hydrogen-bond acceptors (Lipinski definition) is 4. The standard InChI is InChI=1S/C24H23Cl3N2O3/c1-3-28(4-2)10-5-11-29-21(14-6-8-17(26)18(27)12-14)20-22(30)16-13-15(25)7-9-19(16)32-23(20)24(29)31/h6-9,12-13,21H,3-5,10-11H2,1-2H3/t21-/m0/s1. The first-order valence-corrected chi connectivity index (χ1v) is 11.7. The first kappa shape index (κ1) is 23.1. The summed E-state index contributed by atoms with van der Waals surface area (Å²) in [4.78, 5) is 30.9. The average Bonchev–Trinajstić information content (AvgIpc) is 3.06. The molecule has 168 valence electrons. The highest BCUT2D eigenvalue weighted by Crippen LogP contribution is 2.40.